The molecule has 0 heterocycles. The molecule has 2 bridgehead atoms. The summed E-state index contributed by atoms with van der Waals surface area (Å²) in [6.45, 7) is 11.4. The number of hydrogen-bond acceptors (Lipinski definition) is 1. The molecular weight excluding hydrogens is 855 g/mol. The topological polar surface area (TPSA) is 3.24 Å². The second kappa shape index (κ2) is 16.7. The van der Waals surface area contributed by atoms with Crippen molar-refractivity contribution >= 4 is 29.2 Å². The van der Waals surface area contributed by atoms with Gasteiger partial charge in [-0.25, -0.2) is 0 Å². The van der Waals surface area contributed by atoms with E-state index in [9.17, 15) is 0 Å². The van der Waals surface area contributed by atoms with Gasteiger partial charge in [0.15, 0.2) is 0 Å². The molecule has 13 rings (SSSR count). The minimum atomic E-state index is -0.488. The van der Waals surface area contributed by atoms with Crippen LogP contribution >= 0.6 is 0 Å². The van der Waals surface area contributed by atoms with Crippen LogP contribution in [0.5, 0.6) is 0 Å². The Bertz CT molecular complexity index is 3680. The van der Waals surface area contributed by atoms with Crippen molar-refractivity contribution in [2.45, 2.75) is 69.1 Å². The van der Waals surface area contributed by atoms with Crippen molar-refractivity contribution in [1.82, 2.24) is 0 Å². The Labute approximate surface area is 419 Å². The van der Waals surface area contributed by atoms with E-state index in [-0.39, 0.29) is 5.41 Å². The molecule has 0 amide bonds. The zero-order valence-electron chi connectivity index (χ0n) is 41.1. The third kappa shape index (κ3) is 6.66. The highest BCUT2D eigenvalue weighted by molar-refractivity contribution is 5.90. The maximum atomic E-state index is 4.61. The van der Waals surface area contributed by atoms with Gasteiger partial charge in [0.25, 0.3) is 0 Å². The molecule has 0 aliphatic heterocycles. The molecule has 0 spiro atoms. The first-order chi connectivity index (χ1) is 34.8. The third-order valence-electron chi connectivity index (χ3n) is 17.2. The Morgan fingerprint density at radius 1 is 0.493 bits per heavy atom. The molecule has 344 valence electrons. The fraction of sp³-hybridized carbons (Fsp3) is 0.171. The van der Waals surface area contributed by atoms with Crippen LogP contribution in [0.4, 0.5) is 17.1 Å². The molecule has 0 radical (unpaired) electrons. The largest absolute Gasteiger partial charge is 0.310 e. The van der Waals surface area contributed by atoms with Crippen molar-refractivity contribution in [3.63, 3.8) is 0 Å². The molecule has 0 N–H and O–H groups in total. The smallest absolute Gasteiger partial charge is 0.0713 e. The van der Waals surface area contributed by atoms with Gasteiger partial charge in [0.05, 0.1) is 5.41 Å². The molecule has 0 aromatic heterocycles. The van der Waals surface area contributed by atoms with Gasteiger partial charge in [-0.1, -0.05) is 209 Å². The SMILES string of the molecule is C=c1cccc(-c2ccccc2)/c1=C(/C=C\C)c1cccc(N(c2ccc(C3(c4ccccc4)c4ccccc4-c4cc(C56CCC(CC5)C6)ccc43)cc2)c2ccc3c(c2)-c2ccccc2C3(C)C)c1. The summed E-state index contributed by atoms with van der Waals surface area (Å²) in [5, 5.41) is 2.15. The molecule has 4 aliphatic rings. The van der Waals surface area contributed by atoms with Crippen molar-refractivity contribution in [2.24, 2.45) is 5.92 Å². The molecule has 0 saturated heterocycles. The molecule has 9 aromatic carbocycles. The van der Waals surface area contributed by atoms with E-state index in [4.69, 9.17) is 0 Å². The van der Waals surface area contributed by atoms with Gasteiger partial charge in [-0.2, -0.15) is 0 Å². The van der Waals surface area contributed by atoms with Crippen LogP contribution in [0.3, 0.4) is 0 Å². The van der Waals surface area contributed by atoms with Gasteiger partial charge < -0.3 is 4.90 Å². The number of fused-ring (bicyclic) bond motifs is 8. The standard InChI is InChI=1S/C70H59N/c1-5-18-57(67-47(2)19-16-28-58(67)49-20-8-6-9-21-49)50-22-17-25-55(43-50)71(56-36-38-64-62(45-56)59-26-12-14-29-63(59)68(64,3)4)54-34-31-52(32-35-54)70(51-23-10-7-11-24-51)65-30-15-13-27-60(65)61-44-53(33-37-66(61)70)69-41-39-48(46-69)40-42-69/h5-38,43-45,48H,2,39-42,46H2,1,3-4H3/b18-5-,67-57-. The first kappa shape index (κ1) is 43.3. The quantitative estimate of drug-likeness (QED) is 0.139. The first-order valence-electron chi connectivity index (χ1n) is 25.8. The summed E-state index contributed by atoms with van der Waals surface area (Å²) in [5.74, 6) is 0.894. The number of allylic oxidation sites excluding steroid dienone is 2. The number of rotatable bonds is 9. The highest BCUT2D eigenvalue weighted by Gasteiger charge is 2.49. The summed E-state index contributed by atoms with van der Waals surface area (Å²) >= 11 is 0. The van der Waals surface area contributed by atoms with E-state index in [2.05, 4.69) is 257 Å². The number of benzene rings is 9. The summed E-state index contributed by atoms with van der Waals surface area (Å²) in [6.07, 6.45) is 11.2. The fourth-order valence-corrected chi connectivity index (χ4v) is 13.9. The zero-order valence-corrected chi connectivity index (χ0v) is 41.1. The Morgan fingerprint density at radius 3 is 1.79 bits per heavy atom. The maximum absolute atomic E-state index is 4.61. The second-order valence-corrected chi connectivity index (χ2v) is 21.3. The van der Waals surface area contributed by atoms with E-state index in [1.807, 2.05) is 0 Å². The molecule has 1 unspecified atom stereocenters. The van der Waals surface area contributed by atoms with Crippen LogP contribution in [0, 0.1) is 5.92 Å². The molecule has 1 heteroatoms. The molecule has 4 aliphatic carbocycles. The summed E-state index contributed by atoms with van der Waals surface area (Å²) in [5.41, 5.74) is 22.6. The van der Waals surface area contributed by atoms with E-state index >= 15 is 0 Å². The number of nitrogens with zero attached hydrogens (tertiary/aromatic N) is 1. The Balaban J connectivity index is 1.01. The lowest BCUT2D eigenvalue weighted by Crippen LogP contribution is -2.29. The summed E-state index contributed by atoms with van der Waals surface area (Å²) in [6, 6.07) is 80.2. The average Bonchev–Trinajstić information content (AvgIpc) is 4.18. The molecule has 2 fully saturated rings. The highest BCUT2D eigenvalue weighted by Crippen LogP contribution is 2.60. The molecule has 1 nitrogen and oxygen atoms in total. The molecule has 1 atom stereocenters. The predicted molar refractivity (Wildman–Crippen MR) is 298 cm³/mol. The molecule has 71 heavy (non-hydrogen) atoms. The predicted octanol–water partition coefficient (Wildman–Crippen LogP) is 16.5. The lowest BCUT2D eigenvalue weighted by molar-refractivity contribution is 0.419. The highest BCUT2D eigenvalue weighted by atomic mass is 15.1. The normalized spacial score (nSPS) is 20.4. The minimum Gasteiger partial charge on any atom is -0.310 e. The van der Waals surface area contributed by atoms with E-state index in [0.717, 1.165) is 44.6 Å². The summed E-state index contributed by atoms with van der Waals surface area (Å²) < 4.78 is 0. The maximum Gasteiger partial charge on any atom is 0.0713 e. The van der Waals surface area contributed by atoms with Gasteiger partial charge in [0.1, 0.15) is 0 Å². The van der Waals surface area contributed by atoms with Crippen molar-refractivity contribution in [1.29, 1.82) is 0 Å². The lowest BCUT2D eigenvalue weighted by atomic mass is 9.67. The fourth-order valence-electron chi connectivity index (χ4n) is 13.9. The summed E-state index contributed by atoms with van der Waals surface area (Å²) in [4.78, 5) is 2.47. The van der Waals surface area contributed by atoms with E-state index in [0.29, 0.717) is 5.41 Å². The Morgan fingerprint density at radius 2 is 1.06 bits per heavy atom. The van der Waals surface area contributed by atoms with Gasteiger partial charge in [0.2, 0.25) is 0 Å². The monoisotopic (exact) mass is 913 g/mol. The zero-order chi connectivity index (χ0) is 47.9. The summed E-state index contributed by atoms with van der Waals surface area (Å²) in [7, 11) is 0. The van der Waals surface area contributed by atoms with E-state index in [1.54, 1.807) is 5.56 Å². The van der Waals surface area contributed by atoms with Crippen LogP contribution in [0.1, 0.15) is 97.4 Å². The molecule has 2 saturated carbocycles. The van der Waals surface area contributed by atoms with E-state index < -0.39 is 5.41 Å². The van der Waals surface area contributed by atoms with Crippen LogP contribution in [-0.2, 0) is 16.2 Å². The van der Waals surface area contributed by atoms with Crippen molar-refractivity contribution in [3.05, 3.63) is 279 Å². The van der Waals surface area contributed by atoms with Crippen LogP contribution < -0.4 is 15.3 Å². The van der Waals surface area contributed by atoms with Crippen molar-refractivity contribution in [2.75, 3.05) is 4.90 Å². The van der Waals surface area contributed by atoms with E-state index in [1.165, 1.54) is 98.9 Å². The molecule has 9 aromatic rings. The van der Waals surface area contributed by atoms with Crippen molar-refractivity contribution in [3.8, 4) is 33.4 Å². The van der Waals surface area contributed by atoms with Crippen molar-refractivity contribution < 1.29 is 0 Å². The second-order valence-electron chi connectivity index (χ2n) is 21.3. The van der Waals surface area contributed by atoms with Crippen LogP contribution in [0.15, 0.2) is 224 Å². The number of anilines is 3. The van der Waals surface area contributed by atoms with Gasteiger partial charge in [-0.3, -0.25) is 0 Å². The van der Waals surface area contributed by atoms with Gasteiger partial charge in [-0.05, 0) is 181 Å². The van der Waals surface area contributed by atoms with Gasteiger partial charge in [-0.15, -0.1) is 0 Å². The minimum absolute atomic E-state index is 0.0953. The van der Waals surface area contributed by atoms with Gasteiger partial charge in [0, 0.05) is 22.5 Å². The lowest BCUT2D eigenvalue weighted by Gasteiger charge is -2.35. The first-order valence-corrected chi connectivity index (χ1v) is 25.8. The van der Waals surface area contributed by atoms with Gasteiger partial charge >= 0.3 is 0 Å². The Hall–Kier alpha value is -7.74. The molecular formula is C70H59N. The van der Waals surface area contributed by atoms with Crippen LogP contribution in [-0.4, -0.2) is 0 Å². The van der Waals surface area contributed by atoms with Crippen LogP contribution in [0.2, 0.25) is 0 Å². The number of hydrogen-bond donors (Lipinski definition) is 0. The van der Waals surface area contributed by atoms with Crippen LogP contribution in [0.25, 0.3) is 45.5 Å². The average molecular weight is 914 g/mol. The third-order valence-corrected chi connectivity index (χ3v) is 17.2. The Kier molecular flexibility index (Phi) is 10.2.